The van der Waals surface area contributed by atoms with Crippen LogP contribution in [0.1, 0.15) is 26.7 Å². The number of thioether (sulfide) groups is 1. The van der Waals surface area contributed by atoms with E-state index in [9.17, 15) is 0 Å². The van der Waals surface area contributed by atoms with Crippen molar-refractivity contribution in [2.45, 2.75) is 38.8 Å². The summed E-state index contributed by atoms with van der Waals surface area (Å²) in [5, 5.41) is 3.63. The van der Waals surface area contributed by atoms with Crippen LogP contribution < -0.4 is 5.32 Å². The first-order valence-electron chi connectivity index (χ1n) is 6.37. The van der Waals surface area contributed by atoms with Gasteiger partial charge < -0.3 is 10.2 Å². The van der Waals surface area contributed by atoms with Gasteiger partial charge in [0.25, 0.3) is 0 Å². The maximum Gasteiger partial charge on any atom is 0.0340 e. The van der Waals surface area contributed by atoms with Crippen molar-refractivity contribution < 1.29 is 0 Å². The molecule has 2 unspecified atom stereocenters. The Morgan fingerprint density at radius 2 is 2.31 bits per heavy atom. The summed E-state index contributed by atoms with van der Waals surface area (Å²) in [4.78, 5) is 2.51. The zero-order valence-electron chi connectivity index (χ0n) is 11.0. The summed E-state index contributed by atoms with van der Waals surface area (Å²) >= 11 is 2.08. The first kappa shape index (κ1) is 14.1. The van der Waals surface area contributed by atoms with Gasteiger partial charge >= 0.3 is 0 Å². The van der Waals surface area contributed by atoms with E-state index in [-0.39, 0.29) is 0 Å². The zero-order chi connectivity index (χ0) is 12.0. The molecule has 1 heterocycles. The molecule has 1 aliphatic heterocycles. The second-order valence-electron chi connectivity index (χ2n) is 4.59. The molecule has 1 aliphatic rings. The van der Waals surface area contributed by atoms with Crippen molar-refractivity contribution >= 4 is 11.8 Å². The Balaban J connectivity index is 2.56. The molecule has 2 atom stereocenters. The van der Waals surface area contributed by atoms with E-state index in [1.807, 2.05) is 0 Å². The Morgan fingerprint density at radius 3 is 2.88 bits per heavy atom. The van der Waals surface area contributed by atoms with Crippen LogP contribution in [0.4, 0.5) is 0 Å². The Hall–Kier alpha value is 0.01000. The minimum Gasteiger partial charge on any atom is -0.312 e. The van der Waals surface area contributed by atoms with Gasteiger partial charge in [0.2, 0.25) is 0 Å². The number of hydrogen-bond acceptors (Lipinski definition) is 3. The molecule has 0 aromatic rings. The second kappa shape index (κ2) is 7.36. The standard InChI is InChI=1S/C13H26N2S/c1-5-11(3)9-12(14-6-2)13-10-16-8-7-15(13)4/h12-14H,3,5-10H2,1-2,4H3. The minimum atomic E-state index is 0.579. The van der Waals surface area contributed by atoms with Crippen LogP contribution in [0.2, 0.25) is 0 Å². The summed E-state index contributed by atoms with van der Waals surface area (Å²) in [6.07, 6.45) is 2.23. The smallest absolute Gasteiger partial charge is 0.0340 e. The predicted octanol–water partition coefficient (Wildman–Crippen LogP) is 2.37. The molecule has 2 nitrogen and oxygen atoms in total. The average Bonchev–Trinajstić information content (AvgIpc) is 2.29. The molecule has 0 bridgehead atoms. The molecule has 0 aliphatic carbocycles. The normalized spacial score (nSPS) is 24.3. The molecule has 3 heteroatoms. The van der Waals surface area contributed by atoms with Gasteiger partial charge in [0.1, 0.15) is 0 Å². The molecule has 0 amide bonds. The molecule has 0 aromatic heterocycles. The van der Waals surface area contributed by atoms with Crippen molar-refractivity contribution in [2.24, 2.45) is 0 Å². The van der Waals surface area contributed by atoms with Crippen LogP contribution in [0.25, 0.3) is 0 Å². The third-order valence-electron chi connectivity index (χ3n) is 3.38. The summed E-state index contributed by atoms with van der Waals surface area (Å²) in [6.45, 7) is 10.8. The Morgan fingerprint density at radius 1 is 1.56 bits per heavy atom. The molecule has 0 aromatic carbocycles. The van der Waals surface area contributed by atoms with Gasteiger partial charge in [-0.25, -0.2) is 0 Å². The maximum absolute atomic E-state index is 4.15. The lowest BCUT2D eigenvalue weighted by Gasteiger charge is -2.38. The van der Waals surface area contributed by atoms with Crippen LogP contribution in [-0.4, -0.2) is 48.6 Å². The van der Waals surface area contributed by atoms with Crippen LogP contribution in [0.5, 0.6) is 0 Å². The van der Waals surface area contributed by atoms with Crippen molar-refractivity contribution in [3.63, 3.8) is 0 Å². The van der Waals surface area contributed by atoms with Crippen LogP contribution in [0.15, 0.2) is 12.2 Å². The summed E-state index contributed by atoms with van der Waals surface area (Å²) in [6, 6.07) is 1.25. The molecular weight excluding hydrogens is 216 g/mol. The molecule has 0 radical (unpaired) electrons. The molecule has 94 valence electrons. The molecule has 1 rings (SSSR count). The van der Waals surface area contributed by atoms with Gasteiger partial charge in [-0.15, -0.1) is 0 Å². The number of nitrogens with one attached hydrogen (secondary N) is 1. The predicted molar refractivity (Wildman–Crippen MR) is 75.3 cm³/mol. The number of likely N-dealkylation sites (N-methyl/N-ethyl adjacent to an activating group) is 2. The fourth-order valence-electron chi connectivity index (χ4n) is 2.19. The van der Waals surface area contributed by atoms with E-state index in [0.29, 0.717) is 12.1 Å². The van der Waals surface area contributed by atoms with Gasteiger partial charge in [-0.05, 0) is 26.4 Å². The number of nitrogens with zero attached hydrogens (tertiary/aromatic N) is 1. The van der Waals surface area contributed by atoms with E-state index >= 15 is 0 Å². The first-order valence-corrected chi connectivity index (χ1v) is 7.52. The second-order valence-corrected chi connectivity index (χ2v) is 5.74. The van der Waals surface area contributed by atoms with E-state index in [1.165, 1.54) is 23.6 Å². The fourth-order valence-corrected chi connectivity index (χ4v) is 3.50. The highest BCUT2D eigenvalue weighted by atomic mass is 32.2. The van der Waals surface area contributed by atoms with Gasteiger partial charge in [0.15, 0.2) is 0 Å². The Bertz CT molecular complexity index is 218. The lowest BCUT2D eigenvalue weighted by molar-refractivity contribution is 0.214. The SMILES string of the molecule is C=C(CC)CC(NCC)C1CSCCN1C. The lowest BCUT2D eigenvalue weighted by Crippen LogP contribution is -2.52. The highest BCUT2D eigenvalue weighted by Gasteiger charge is 2.27. The van der Waals surface area contributed by atoms with Crippen molar-refractivity contribution in [2.75, 3.05) is 31.6 Å². The van der Waals surface area contributed by atoms with E-state index in [0.717, 1.165) is 19.4 Å². The monoisotopic (exact) mass is 242 g/mol. The van der Waals surface area contributed by atoms with Crippen LogP contribution >= 0.6 is 11.8 Å². The van der Waals surface area contributed by atoms with Crippen molar-refractivity contribution in [1.82, 2.24) is 10.2 Å². The first-order chi connectivity index (χ1) is 7.69. The maximum atomic E-state index is 4.15. The van der Waals surface area contributed by atoms with Crippen LogP contribution in [0, 0.1) is 0 Å². The molecule has 1 fully saturated rings. The third kappa shape index (κ3) is 4.11. The van der Waals surface area contributed by atoms with Gasteiger partial charge in [0, 0.05) is 30.1 Å². The van der Waals surface area contributed by atoms with Crippen LogP contribution in [-0.2, 0) is 0 Å². The van der Waals surface area contributed by atoms with Crippen molar-refractivity contribution in [1.29, 1.82) is 0 Å². The molecule has 16 heavy (non-hydrogen) atoms. The molecule has 0 saturated carbocycles. The van der Waals surface area contributed by atoms with Crippen LogP contribution in [0.3, 0.4) is 0 Å². The largest absolute Gasteiger partial charge is 0.312 e. The summed E-state index contributed by atoms with van der Waals surface area (Å²) in [7, 11) is 2.25. The molecule has 1 N–H and O–H groups in total. The van der Waals surface area contributed by atoms with E-state index < -0.39 is 0 Å². The van der Waals surface area contributed by atoms with E-state index in [1.54, 1.807) is 0 Å². The summed E-state index contributed by atoms with van der Waals surface area (Å²) < 4.78 is 0. The van der Waals surface area contributed by atoms with Gasteiger partial charge in [-0.2, -0.15) is 11.8 Å². The fraction of sp³-hybridized carbons (Fsp3) is 0.846. The van der Waals surface area contributed by atoms with Crippen molar-refractivity contribution in [3.8, 4) is 0 Å². The minimum absolute atomic E-state index is 0.579. The van der Waals surface area contributed by atoms with Crippen molar-refractivity contribution in [3.05, 3.63) is 12.2 Å². The highest BCUT2D eigenvalue weighted by molar-refractivity contribution is 7.99. The van der Waals surface area contributed by atoms with Gasteiger partial charge in [0.05, 0.1) is 0 Å². The highest BCUT2D eigenvalue weighted by Crippen LogP contribution is 2.21. The average molecular weight is 242 g/mol. The molecule has 1 saturated heterocycles. The molecular formula is C13H26N2S. The Kier molecular flexibility index (Phi) is 6.47. The lowest BCUT2D eigenvalue weighted by atomic mass is 9.98. The number of rotatable bonds is 6. The number of hydrogen-bond donors (Lipinski definition) is 1. The summed E-state index contributed by atoms with van der Waals surface area (Å²) in [5.41, 5.74) is 1.37. The zero-order valence-corrected chi connectivity index (χ0v) is 11.8. The summed E-state index contributed by atoms with van der Waals surface area (Å²) in [5.74, 6) is 2.53. The Labute approximate surface area is 105 Å². The quantitative estimate of drug-likeness (QED) is 0.720. The molecule has 0 spiro atoms. The van der Waals surface area contributed by atoms with Gasteiger partial charge in [-0.3, -0.25) is 0 Å². The van der Waals surface area contributed by atoms with E-state index in [2.05, 4.69) is 49.5 Å². The topological polar surface area (TPSA) is 15.3 Å². The van der Waals surface area contributed by atoms with E-state index in [4.69, 9.17) is 0 Å². The van der Waals surface area contributed by atoms with Gasteiger partial charge in [-0.1, -0.05) is 26.0 Å². The third-order valence-corrected chi connectivity index (χ3v) is 4.43.